The van der Waals surface area contributed by atoms with Crippen molar-refractivity contribution < 1.29 is 34.0 Å². The van der Waals surface area contributed by atoms with Crippen LogP contribution in [0.15, 0.2) is 48.5 Å². The van der Waals surface area contributed by atoms with Gasteiger partial charge in [-0.15, -0.1) is 0 Å². The van der Waals surface area contributed by atoms with Gasteiger partial charge in [-0.25, -0.2) is 12.1 Å². The fraction of sp³-hybridized carbons (Fsp3) is 0.231. The minimum Gasteiger partial charge on any atom is -0.214 e. The molecule has 0 saturated carbocycles. The minimum absolute atomic E-state index is 0. The third-order valence-corrected chi connectivity index (χ3v) is 3.76. The predicted octanol–water partition coefficient (Wildman–Crippen LogP) is 2.73. The normalized spacial score (nSPS) is 9.65. The molecule has 2 aromatic carbocycles. The summed E-state index contributed by atoms with van der Waals surface area (Å²) in [6.07, 6.45) is 0. The van der Waals surface area contributed by atoms with Crippen LogP contribution in [0.3, 0.4) is 0 Å². The van der Waals surface area contributed by atoms with Gasteiger partial charge in [0, 0.05) is 0 Å². The molecule has 0 atom stereocenters. The molecule has 1 nitrogen and oxygen atoms in total. The second kappa shape index (κ2) is 10.1. The molecule has 0 saturated heterocycles. The fourth-order valence-electron chi connectivity index (χ4n) is 1.27. The summed E-state index contributed by atoms with van der Waals surface area (Å²) >= 11 is 0.220. The fourth-order valence-corrected chi connectivity index (χ4v) is 2.65. The van der Waals surface area contributed by atoms with Gasteiger partial charge in [0.25, 0.3) is 0 Å². The SMILES string of the molecule is CN(C)Cc1ccc[c-]1[Pd][Cl].[Fe+2].c1cc[cH-]c1. The molecule has 0 amide bonds. The summed E-state index contributed by atoms with van der Waals surface area (Å²) in [5, 5.41) is 0. The van der Waals surface area contributed by atoms with E-state index in [1.807, 2.05) is 30.3 Å². The van der Waals surface area contributed by atoms with Gasteiger partial charge in [0.2, 0.25) is 0 Å². The molecule has 0 spiro atoms. The van der Waals surface area contributed by atoms with E-state index in [1.165, 1.54) is 9.60 Å². The van der Waals surface area contributed by atoms with Gasteiger partial charge in [-0.3, -0.25) is 0 Å². The molecule has 4 heteroatoms. The first-order valence-corrected chi connectivity index (χ1v) is 7.78. The van der Waals surface area contributed by atoms with Gasteiger partial charge in [0.1, 0.15) is 0 Å². The summed E-state index contributed by atoms with van der Waals surface area (Å²) in [5.74, 6) is 0. The summed E-state index contributed by atoms with van der Waals surface area (Å²) in [6, 6.07) is 16.3. The monoisotopic (exact) mass is 383 g/mol. The molecule has 0 aliphatic heterocycles. The van der Waals surface area contributed by atoms with Crippen LogP contribution in [0.5, 0.6) is 0 Å². The molecule has 2 rings (SSSR count). The Morgan fingerprint density at radius 2 is 1.94 bits per heavy atom. The Morgan fingerprint density at radius 3 is 2.35 bits per heavy atom. The van der Waals surface area contributed by atoms with Gasteiger partial charge in [-0.1, -0.05) is 0 Å². The Balaban J connectivity index is 0.000000360. The molecule has 0 N–H and O–H groups in total. The Bertz CT molecular complexity index is 353. The Kier molecular flexibility index (Phi) is 10.2. The maximum atomic E-state index is 5.79. The molecule has 0 heterocycles. The van der Waals surface area contributed by atoms with Gasteiger partial charge in [0.15, 0.2) is 0 Å². The van der Waals surface area contributed by atoms with E-state index in [0.717, 1.165) is 6.54 Å². The van der Waals surface area contributed by atoms with E-state index in [0.29, 0.717) is 0 Å². The van der Waals surface area contributed by atoms with E-state index in [2.05, 4.69) is 37.2 Å². The molecular formula is C13H16ClFeNPd. The summed E-state index contributed by atoms with van der Waals surface area (Å²) in [5.41, 5.74) is 1.36. The first kappa shape index (κ1) is 17.1. The Morgan fingerprint density at radius 1 is 1.29 bits per heavy atom. The zero-order chi connectivity index (χ0) is 11.8. The molecule has 0 bridgehead atoms. The third-order valence-electron chi connectivity index (χ3n) is 1.92. The zero-order valence-electron chi connectivity index (χ0n) is 9.82. The van der Waals surface area contributed by atoms with E-state index in [1.54, 1.807) is 0 Å². The molecule has 0 unspecified atom stereocenters. The van der Waals surface area contributed by atoms with Crippen LogP contribution >= 0.6 is 9.53 Å². The van der Waals surface area contributed by atoms with Crippen molar-refractivity contribution in [3.05, 3.63) is 54.1 Å². The number of rotatable bonds is 3. The Hall–Kier alpha value is 0.132. The van der Waals surface area contributed by atoms with Crippen LogP contribution in [-0.2, 0) is 40.6 Å². The molecular weight excluding hydrogens is 368 g/mol. The summed E-state index contributed by atoms with van der Waals surface area (Å²) < 4.78 is 1.30. The van der Waals surface area contributed by atoms with Gasteiger partial charge >= 0.3 is 96.9 Å². The quantitative estimate of drug-likeness (QED) is 0.582. The molecule has 0 aliphatic carbocycles. The van der Waals surface area contributed by atoms with Gasteiger partial charge in [0.05, 0.1) is 0 Å². The van der Waals surface area contributed by atoms with Crippen molar-refractivity contribution >= 4 is 13.6 Å². The molecule has 0 aromatic heterocycles. The van der Waals surface area contributed by atoms with Gasteiger partial charge in [-0.05, 0) is 0 Å². The Labute approximate surface area is 126 Å². The van der Waals surface area contributed by atoms with E-state index in [9.17, 15) is 0 Å². The smallest absolute Gasteiger partial charge is 0.214 e. The zero-order valence-corrected chi connectivity index (χ0v) is 13.2. The minimum atomic E-state index is 0. The largest absolute Gasteiger partial charge is 2.00 e. The number of halogens is 1. The first-order valence-electron chi connectivity index (χ1n) is 5.00. The van der Waals surface area contributed by atoms with Crippen molar-refractivity contribution in [2.45, 2.75) is 6.54 Å². The van der Waals surface area contributed by atoms with Gasteiger partial charge in [-0.2, -0.15) is 18.2 Å². The predicted molar refractivity (Wildman–Crippen MR) is 66.9 cm³/mol. The van der Waals surface area contributed by atoms with Crippen LogP contribution in [0.25, 0.3) is 0 Å². The second-order valence-electron chi connectivity index (χ2n) is 3.63. The number of hydrogen-bond donors (Lipinski definition) is 0. The van der Waals surface area contributed by atoms with E-state index >= 15 is 0 Å². The first-order chi connectivity index (χ1) is 7.74. The van der Waals surface area contributed by atoms with Crippen molar-refractivity contribution in [3.8, 4) is 0 Å². The molecule has 0 radical (unpaired) electrons. The van der Waals surface area contributed by atoms with E-state index < -0.39 is 0 Å². The molecule has 0 fully saturated rings. The average Bonchev–Trinajstić information content (AvgIpc) is 2.89. The molecule has 2 aromatic rings. The van der Waals surface area contributed by atoms with E-state index in [-0.39, 0.29) is 34.0 Å². The summed E-state index contributed by atoms with van der Waals surface area (Å²) in [6.45, 7) is 0.994. The summed E-state index contributed by atoms with van der Waals surface area (Å²) in [4.78, 5) is 2.15. The molecule has 0 aliphatic rings. The maximum absolute atomic E-state index is 5.79. The van der Waals surface area contributed by atoms with Crippen molar-refractivity contribution in [2.75, 3.05) is 14.1 Å². The van der Waals surface area contributed by atoms with Crippen LogP contribution in [0.4, 0.5) is 0 Å². The van der Waals surface area contributed by atoms with Crippen LogP contribution in [0.2, 0.25) is 0 Å². The maximum Gasteiger partial charge on any atom is 2.00 e. The van der Waals surface area contributed by atoms with Crippen LogP contribution in [0.1, 0.15) is 5.56 Å². The third kappa shape index (κ3) is 7.21. The van der Waals surface area contributed by atoms with Crippen LogP contribution in [0, 0.1) is 0 Å². The molecule has 17 heavy (non-hydrogen) atoms. The van der Waals surface area contributed by atoms with Crippen molar-refractivity contribution in [1.82, 2.24) is 4.90 Å². The summed E-state index contributed by atoms with van der Waals surface area (Å²) in [7, 11) is 9.92. The van der Waals surface area contributed by atoms with Crippen molar-refractivity contribution in [1.29, 1.82) is 0 Å². The number of hydrogen-bond acceptors (Lipinski definition) is 1. The van der Waals surface area contributed by atoms with Crippen LogP contribution < -0.4 is 4.04 Å². The van der Waals surface area contributed by atoms with Gasteiger partial charge < -0.3 is 0 Å². The standard InChI is InChI=1S/C8H11N.C5H5.ClH.Fe.Pd/c1-9(2)7-8-5-3-4-6-8;1-2-4-5-3-1;;;/h3-5H,7H2,1-2H3;1-5H;1H;;/q2*-1;;+2;+1/p-1. The van der Waals surface area contributed by atoms with Crippen LogP contribution in [-0.4, -0.2) is 19.0 Å². The second-order valence-corrected chi connectivity index (χ2v) is 5.46. The average molecular weight is 384 g/mol. The molecule has 98 valence electrons. The van der Waals surface area contributed by atoms with E-state index in [4.69, 9.17) is 9.53 Å². The topological polar surface area (TPSA) is 3.24 Å². The van der Waals surface area contributed by atoms with Crippen molar-refractivity contribution in [2.24, 2.45) is 0 Å². The van der Waals surface area contributed by atoms with Crippen molar-refractivity contribution in [3.63, 3.8) is 0 Å². The number of nitrogens with zero attached hydrogens (tertiary/aromatic N) is 1.